The van der Waals surface area contributed by atoms with E-state index in [4.69, 9.17) is 4.74 Å². The zero-order valence-corrected chi connectivity index (χ0v) is 10.6. The van der Waals surface area contributed by atoms with Gasteiger partial charge >= 0.3 is 0 Å². The van der Waals surface area contributed by atoms with Crippen molar-refractivity contribution in [2.45, 2.75) is 12.5 Å². The van der Waals surface area contributed by atoms with Gasteiger partial charge in [-0.25, -0.2) is 0 Å². The van der Waals surface area contributed by atoms with Crippen molar-refractivity contribution in [3.8, 4) is 5.75 Å². The van der Waals surface area contributed by atoms with Gasteiger partial charge in [0.25, 0.3) is 0 Å². The molecule has 0 bridgehead atoms. The van der Waals surface area contributed by atoms with Crippen LogP contribution in [0.5, 0.6) is 5.75 Å². The molecule has 3 atom stereocenters. The summed E-state index contributed by atoms with van der Waals surface area (Å²) in [5.41, 5.74) is 1.38. The highest BCUT2D eigenvalue weighted by atomic mass is 16.5. The zero-order valence-electron chi connectivity index (χ0n) is 10.6. The Morgan fingerprint density at radius 1 is 1.17 bits per heavy atom. The first-order valence-electron chi connectivity index (χ1n) is 7.06. The van der Waals surface area contributed by atoms with E-state index in [9.17, 15) is 0 Å². The van der Waals surface area contributed by atoms with E-state index in [1.807, 2.05) is 0 Å². The number of hydrogen-bond donors (Lipinski definition) is 1. The van der Waals surface area contributed by atoms with Crippen LogP contribution in [0.3, 0.4) is 0 Å². The lowest BCUT2D eigenvalue weighted by Gasteiger charge is -2.21. The molecule has 2 fully saturated rings. The Hall–Kier alpha value is -1.06. The van der Waals surface area contributed by atoms with Crippen LogP contribution in [0.1, 0.15) is 5.56 Å². The van der Waals surface area contributed by atoms with E-state index in [2.05, 4.69) is 34.5 Å². The Morgan fingerprint density at radius 2 is 1.94 bits per heavy atom. The number of ether oxygens (including phenoxy) is 1. The van der Waals surface area contributed by atoms with E-state index >= 15 is 0 Å². The predicted octanol–water partition coefficient (Wildman–Crippen LogP) is 1.14. The summed E-state index contributed by atoms with van der Waals surface area (Å²) in [6.07, 6.45) is 1.45. The molecule has 0 aliphatic carbocycles. The van der Waals surface area contributed by atoms with Crippen LogP contribution in [0.25, 0.3) is 0 Å². The second kappa shape index (κ2) is 4.25. The van der Waals surface area contributed by atoms with E-state index in [1.165, 1.54) is 31.7 Å². The van der Waals surface area contributed by atoms with Gasteiger partial charge in [0, 0.05) is 26.1 Å². The van der Waals surface area contributed by atoms with E-state index in [1.54, 1.807) is 0 Å². The van der Waals surface area contributed by atoms with Gasteiger partial charge in [-0.1, -0.05) is 18.2 Å². The van der Waals surface area contributed by atoms with Gasteiger partial charge in [-0.2, -0.15) is 0 Å². The third-order valence-corrected chi connectivity index (χ3v) is 4.64. The molecule has 3 nitrogen and oxygen atoms in total. The monoisotopic (exact) mass is 244 g/mol. The summed E-state index contributed by atoms with van der Waals surface area (Å²) in [4.78, 5) is 2.60. The van der Waals surface area contributed by atoms with Crippen molar-refractivity contribution < 1.29 is 4.74 Å². The first kappa shape index (κ1) is 10.8. The highest BCUT2D eigenvalue weighted by Gasteiger charge is 2.37. The van der Waals surface area contributed by atoms with E-state index in [0.29, 0.717) is 6.10 Å². The minimum absolute atomic E-state index is 0.370. The molecule has 1 aromatic rings. The summed E-state index contributed by atoms with van der Waals surface area (Å²) >= 11 is 0. The molecule has 3 aliphatic heterocycles. The number of likely N-dealkylation sites (tertiary alicyclic amines) is 1. The van der Waals surface area contributed by atoms with Gasteiger partial charge in [0.05, 0.1) is 0 Å². The molecule has 3 heteroatoms. The van der Waals surface area contributed by atoms with Gasteiger partial charge in [0.15, 0.2) is 0 Å². The Bertz CT molecular complexity index is 411. The van der Waals surface area contributed by atoms with Crippen LogP contribution in [0.4, 0.5) is 0 Å². The Labute approximate surface area is 108 Å². The van der Waals surface area contributed by atoms with Gasteiger partial charge < -0.3 is 10.1 Å². The number of para-hydroxylation sites is 1. The normalized spacial score (nSPS) is 34.3. The molecule has 3 heterocycles. The predicted molar refractivity (Wildman–Crippen MR) is 70.9 cm³/mol. The lowest BCUT2D eigenvalue weighted by molar-refractivity contribution is 0.162. The second-order valence-corrected chi connectivity index (χ2v) is 5.95. The lowest BCUT2D eigenvalue weighted by Crippen LogP contribution is -2.35. The fourth-order valence-electron chi connectivity index (χ4n) is 3.75. The van der Waals surface area contributed by atoms with E-state index < -0.39 is 0 Å². The van der Waals surface area contributed by atoms with Crippen LogP contribution in [-0.4, -0.2) is 43.7 Å². The van der Waals surface area contributed by atoms with Crippen LogP contribution >= 0.6 is 0 Å². The number of nitrogens with zero attached hydrogens (tertiary/aromatic N) is 1. The molecule has 0 amide bonds. The first-order chi connectivity index (χ1) is 8.88. The number of hydrogen-bond acceptors (Lipinski definition) is 3. The van der Waals surface area contributed by atoms with Crippen LogP contribution in [0.15, 0.2) is 24.3 Å². The highest BCUT2D eigenvalue weighted by molar-refractivity contribution is 5.37. The third kappa shape index (κ3) is 1.82. The quantitative estimate of drug-likeness (QED) is 0.844. The Kier molecular flexibility index (Phi) is 2.55. The molecule has 0 aromatic heterocycles. The van der Waals surface area contributed by atoms with Crippen molar-refractivity contribution in [2.24, 2.45) is 11.8 Å². The van der Waals surface area contributed by atoms with Gasteiger partial charge in [-0.3, -0.25) is 4.90 Å². The highest BCUT2D eigenvalue weighted by Crippen LogP contribution is 2.31. The Morgan fingerprint density at radius 3 is 2.72 bits per heavy atom. The maximum absolute atomic E-state index is 6.03. The van der Waals surface area contributed by atoms with Crippen molar-refractivity contribution in [3.05, 3.63) is 29.8 Å². The first-order valence-corrected chi connectivity index (χ1v) is 7.06. The van der Waals surface area contributed by atoms with Crippen molar-refractivity contribution in [3.63, 3.8) is 0 Å². The van der Waals surface area contributed by atoms with E-state index in [0.717, 1.165) is 30.6 Å². The second-order valence-electron chi connectivity index (χ2n) is 5.95. The molecule has 0 spiro atoms. The number of fused-ring (bicyclic) bond motifs is 2. The molecule has 0 saturated carbocycles. The summed E-state index contributed by atoms with van der Waals surface area (Å²) in [5.74, 6) is 2.87. The zero-order chi connectivity index (χ0) is 11.9. The van der Waals surface area contributed by atoms with Crippen LogP contribution < -0.4 is 10.1 Å². The van der Waals surface area contributed by atoms with Crippen molar-refractivity contribution in [1.82, 2.24) is 10.2 Å². The van der Waals surface area contributed by atoms with Gasteiger partial charge in [0.1, 0.15) is 11.9 Å². The van der Waals surface area contributed by atoms with E-state index in [-0.39, 0.29) is 0 Å². The smallest absolute Gasteiger partial charge is 0.123 e. The molecule has 96 valence electrons. The summed E-state index contributed by atoms with van der Waals surface area (Å²) in [5, 5.41) is 3.49. The standard InChI is InChI=1S/C15H20N2O/c1-2-4-15-11(3-1)5-14(18-15)10-17-8-12-6-16-7-13(12)9-17/h1-4,12-14,16H,5-10H2. The van der Waals surface area contributed by atoms with Crippen molar-refractivity contribution in [1.29, 1.82) is 0 Å². The molecule has 0 radical (unpaired) electrons. The third-order valence-electron chi connectivity index (χ3n) is 4.64. The molecule has 3 unspecified atom stereocenters. The molecule has 18 heavy (non-hydrogen) atoms. The summed E-state index contributed by atoms with van der Waals surface area (Å²) in [7, 11) is 0. The summed E-state index contributed by atoms with van der Waals surface area (Å²) in [6, 6.07) is 8.46. The van der Waals surface area contributed by atoms with Crippen LogP contribution in [0.2, 0.25) is 0 Å². The average Bonchev–Trinajstić information content (AvgIpc) is 3.01. The average molecular weight is 244 g/mol. The van der Waals surface area contributed by atoms with Gasteiger partial charge in [0.2, 0.25) is 0 Å². The molecule has 1 N–H and O–H groups in total. The molecule has 1 aromatic carbocycles. The molecule has 3 aliphatic rings. The SMILES string of the molecule is c1ccc2c(c1)CC(CN1CC3CNCC3C1)O2. The van der Waals surface area contributed by atoms with Gasteiger partial charge in [-0.05, 0) is 36.6 Å². The van der Waals surface area contributed by atoms with Crippen molar-refractivity contribution >= 4 is 0 Å². The summed E-state index contributed by atoms with van der Waals surface area (Å²) < 4.78 is 6.03. The molecule has 2 saturated heterocycles. The summed E-state index contributed by atoms with van der Waals surface area (Å²) in [6.45, 7) is 6.04. The number of benzene rings is 1. The molecular formula is C15H20N2O. The van der Waals surface area contributed by atoms with Crippen LogP contribution in [0, 0.1) is 11.8 Å². The fourth-order valence-corrected chi connectivity index (χ4v) is 3.75. The van der Waals surface area contributed by atoms with Gasteiger partial charge in [-0.15, -0.1) is 0 Å². The topological polar surface area (TPSA) is 24.5 Å². The lowest BCUT2D eigenvalue weighted by atomic mass is 10.0. The molecule has 4 rings (SSSR count). The number of rotatable bonds is 2. The minimum Gasteiger partial charge on any atom is -0.488 e. The van der Waals surface area contributed by atoms with Crippen LogP contribution in [-0.2, 0) is 6.42 Å². The minimum atomic E-state index is 0.370. The maximum atomic E-state index is 6.03. The fraction of sp³-hybridized carbons (Fsp3) is 0.600. The Balaban J connectivity index is 1.38. The largest absolute Gasteiger partial charge is 0.488 e. The maximum Gasteiger partial charge on any atom is 0.123 e. The number of nitrogens with one attached hydrogen (secondary N) is 1. The molecular weight excluding hydrogens is 224 g/mol. The van der Waals surface area contributed by atoms with Crippen molar-refractivity contribution in [2.75, 3.05) is 32.7 Å².